The van der Waals surface area contributed by atoms with E-state index >= 15 is 0 Å². The summed E-state index contributed by atoms with van der Waals surface area (Å²) in [5.74, 6) is 0.795. The Bertz CT molecular complexity index is 1540. The molecule has 0 atom stereocenters. The van der Waals surface area contributed by atoms with Crippen LogP contribution in [0.2, 0.25) is 5.02 Å². The van der Waals surface area contributed by atoms with Gasteiger partial charge in [0.1, 0.15) is 10.6 Å². The van der Waals surface area contributed by atoms with Crippen molar-refractivity contribution in [2.75, 3.05) is 20.7 Å². The van der Waals surface area contributed by atoms with Crippen LogP contribution in [0.3, 0.4) is 0 Å². The fourth-order valence-corrected chi connectivity index (χ4v) is 7.26. The van der Waals surface area contributed by atoms with Gasteiger partial charge in [0.25, 0.3) is 5.91 Å². The van der Waals surface area contributed by atoms with Crippen LogP contribution in [-0.2, 0) is 6.54 Å². The van der Waals surface area contributed by atoms with Crippen LogP contribution in [-0.4, -0.2) is 54.3 Å². The first-order chi connectivity index (χ1) is 19.8. The minimum Gasteiger partial charge on any atom is -0.494 e. The average Bonchev–Trinajstić information content (AvgIpc) is 3.32. The highest BCUT2D eigenvalue weighted by Crippen LogP contribution is 2.38. The molecule has 5 rings (SSSR count). The predicted octanol–water partition coefficient (Wildman–Crippen LogP) is 8.34. The van der Waals surface area contributed by atoms with E-state index in [0.717, 1.165) is 58.2 Å². The quantitative estimate of drug-likeness (QED) is 0.184. The standard InChI is InChI=1S/C34H37ClN2O3S/c1-5-40-30-19-14-25(24-12-10-23(11-13-24)22(2)38)20-26(30)21-37(28-17-15-27(16-18-28)36(3)4)34(39)33-32(35)29-8-6-7-9-31(29)41-33/h6-14,19-20,27-28H,5,15-18,21H2,1-4H3/t27-,28-. The molecule has 0 saturated heterocycles. The Kier molecular flexibility index (Phi) is 9.12. The van der Waals surface area contributed by atoms with Crippen LogP contribution in [0.25, 0.3) is 21.2 Å². The van der Waals surface area contributed by atoms with E-state index in [-0.39, 0.29) is 17.7 Å². The largest absolute Gasteiger partial charge is 0.494 e. The summed E-state index contributed by atoms with van der Waals surface area (Å²) in [7, 11) is 4.27. The molecular weight excluding hydrogens is 552 g/mol. The second-order valence-electron chi connectivity index (χ2n) is 11.0. The number of carbonyl (C=O) groups excluding carboxylic acids is 2. The van der Waals surface area contributed by atoms with Crippen LogP contribution in [0.1, 0.15) is 65.1 Å². The zero-order chi connectivity index (χ0) is 29.1. The Labute approximate surface area is 251 Å². The molecule has 1 aliphatic carbocycles. The molecule has 0 aliphatic heterocycles. The van der Waals surface area contributed by atoms with Crippen molar-refractivity contribution in [3.63, 3.8) is 0 Å². The molecule has 0 unspecified atom stereocenters. The van der Waals surface area contributed by atoms with E-state index in [4.69, 9.17) is 16.3 Å². The first-order valence-corrected chi connectivity index (χ1v) is 15.5. The molecule has 5 nitrogen and oxygen atoms in total. The summed E-state index contributed by atoms with van der Waals surface area (Å²) in [4.78, 5) is 31.1. The van der Waals surface area contributed by atoms with Crippen molar-refractivity contribution in [1.82, 2.24) is 9.80 Å². The summed E-state index contributed by atoms with van der Waals surface area (Å²) in [6.45, 7) is 4.50. The zero-order valence-electron chi connectivity index (χ0n) is 24.2. The van der Waals surface area contributed by atoms with Crippen molar-refractivity contribution in [2.24, 2.45) is 0 Å². The lowest BCUT2D eigenvalue weighted by Crippen LogP contribution is -2.44. The minimum absolute atomic E-state index is 0.0248. The Hall–Kier alpha value is -3.19. The number of rotatable bonds is 9. The monoisotopic (exact) mass is 588 g/mol. The number of amides is 1. The third-order valence-corrected chi connectivity index (χ3v) is 9.82. The molecule has 1 heterocycles. The van der Waals surface area contributed by atoms with Crippen LogP contribution in [0.4, 0.5) is 0 Å². The molecule has 0 radical (unpaired) electrons. The molecule has 3 aromatic carbocycles. The van der Waals surface area contributed by atoms with Crippen LogP contribution < -0.4 is 4.74 Å². The van der Waals surface area contributed by atoms with E-state index in [9.17, 15) is 9.59 Å². The predicted molar refractivity (Wildman–Crippen MR) is 169 cm³/mol. The summed E-state index contributed by atoms with van der Waals surface area (Å²) in [5, 5.41) is 1.46. The molecule has 214 valence electrons. The number of benzene rings is 3. The molecule has 1 amide bonds. The molecule has 41 heavy (non-hydrogen) atoms. The topological polar surface area (TPSA) is 49.9 Å². The number of hydrogen-bond donors (Lipinski definition) is 0. The molecule has 0 bridgehead atoms. The molecule has 1 saturated carbocycles. The summed E-state index contributed by atoms with van der Waals surface area (Å²) >= 11 is 8.30. The van der Waals surface area contributed by atoms with Crippen molar-refractivity contribution in [3.05, 3.63) is 87.8 Å². The van der Waals surface area contributed by atoms with Gasteiger partial charge >= 0.3 is 0 Å². The SMILES string of the molecule is CCOc1ccc(-c2ccc(C(C)=O)cc2)cc1CN(C(=O)c1sc2ccccc2c1Cl)[C@H]1CC[C@H](N(C)C)CC1. The smallest absolute Gasteiger partial charge is 0.266 e. The molecule has 0 spiro atoms. The highest BCUT2D eigenvalue weighted by atomic mass is 35.5. The third kappa shape index (κ3) is 6.35. The third-order valence-electron chi connectivity index (χ3n) is 8.15. The number of nitrogens with zero attached hydrogens (tertiary/aromatic N) is 2. The summed E-state index contributed by atoms with van der Waals surface area (Å²) in [5.41, 5.74) is 3.67. The minimum atomic E-state index is -0.0248. The van der Waals surface area contributed by atoms with Crippen molar-refractivity contribution in [2.45, 2.75) is 58.2 Å². The summed E-state index contributed by atoms with van der Waals surface area (Å²) in [6.07, 6.45) is 3.96. The van der Waals surface area contributed by atoms with Gasteiger partial charge in [-0.15, -0.1) is 11.3 Å². The van der Waals surface area contributed by atoms with Gasteiger partial charge in [-0.2, -0.15) is 0 Å². The summed E-state index contributed by atoms with van der Waals surface area (Å²) < 4.78 is 7.08. The van der Waals surface area contributed by atoms with Crippen molar-refractivity contribution in [3.8, 4) is 16.9 Å². The summed E-state index contributed by atoms with van der Waals surface area (Å²) in [6, 6.07) is 22.4. The highest BCUT2D eigenvalue weighted by Gasteiger charge is 2.33. The van der Waals surface area contributed by atoms with Crippen LogP contribution in [0.15, 0.2) is 66.7 Å². The maximum absolute atomic E-state index is 14.3. The Morgan fingerprint density at radius 3 is 2.22 bits per heavy atom. The van der Waals surface area contributed by atoms with E-state index in [1.807, 2.05) is 72.5 Å². The number of halogens is 1. The number of fused-ring (bicyclic) bond motifs is 1. The van der Waals surface area contributed by atoms with Crippen molar-refractivity contribution in [1.29, 1.82) is 0 Å². The van der Waals surface area contributed by atoms with Gasteiger partial charge in [-0.1, -0.05) is 60.1 Å². The molecule has 0 N–H and O–H groups in total. The van der Waals surface area contributed by atoms with Gasteiger partial charge in [0.2, 0.25) is 0 Å². The maximum Gasteiger partial charge on any atom is 0.266 e. The van der Waals surface area contributed by atoms with Crippen LogP contribution in [0, 0.1) is 0 Å². The van der Waals surface area contributed by atoms with Gasteiger partial charge in [0.05, 0.1) is 11.6 Å². The lowest BCUT2D eigenvalue weighted by Gasteiger charge is -2.39. The van der Waals surface area contributed by atoms with Gasteiger partial charge in [-0.25, -0.2) is 0 Å². The molecule has 4 aromatic rings. The normalized spacial score (nSPS) is 17.1. The van der Waals surface area contributed by atoms with Crippen molar-refractivity contribution >= 4 is 44.7 Å². The second-order valence-corrected chi connectivity index (χ2v) is 12.4. The van der Waals surface area contributed by atoms with Gasteiger partial charge < -0.3 is 14.5 Å². The zero-order valence-corrected chi connectivity index (χ0v) is 25.7. The molecular formula is C34H37ClN2O3S. The van der Waals surface area contributed by atoms with Gasteiger partial charge in [0.15, 0.2) is 5.78 Å². The van der Waals surface area contributed by atoms with Gasteiger partial charge in [-0.3, -0.25) is 9.59 Å². The fourth-order valence-electron chi connectivity index (χ4n) is 5.79. The maximum atomic E-state index is 14.3. The van der Waals surface area contributed by atoms with E-state index < -0.39 is 0 Å². The lowest BCUT2D eigenvalue weighted by atomic mass is 9.89. The second kappa shape index (κ2) is 12.8. The Morgan fingerprint density at radius 1 is 0.927 bits per heavy atom. The molecule has 7 heteroatoms. The average molecular weight is 589 g/mol. The fraction of sp³-hybridized carbons (Fsp3) is 0.353. The molecule has 1 fully saturated rings. The highest BCUT2D eigenvalue weighted by molar-refractivity contribution is 7.21. The number of ether oxygens (including phenoxy) is 1. The van der Waals surface area contributed by atoms with Crippen LogP contribution in [0.5, 0.6) is 5.75 Å². The van der Waals surface area contributed by atoms with E-state index in [1.165, 1.54) is 11.3 Å². The van der Waals surface area contributed by atoms with Gasteiger partial charge in [-0.05, 0) is 83.0 Å². The van der Waals surface area contributed by atoms with Crippen molar-refractivity contribution < 1.29 is 14.3 Å². The molecule has 1 aromatic heterocycles. The number of Topliss-reactive ketones (excluding diaryl/α,β-unsaturated/α-hetero) is 1. The number of hydrogen-bond acceptors (Lipinski definition) is 5. The number of thiophene rings is 1. The Balaban J connectivity index is 1.52. The number of carbonyl (C=O) groups is 2. The molecule has 1 aliphatic rings. The van der Waals surface area contributed by atoms with E-state index in [2.05, 4.69) is 25.1 Å². The first kappa shape index (κ1) is 29.3. The van der Waals surface area contributed by atoms with Gasteiger partial charge in [0, 0.05) is 39.8 Å². The van der Waals surface area contributed by atoms with E-state index in [0.29, 0.717) is 34.7 Å². The van der Waals surface area contributed by atoms with Crippen LogP contribution >= 0.6 is 22.9 Å². The number of ketones is 1. The Morgan fingerprint density at radius 2 is 1.59 bits per heavy atom. The lowest BCUT2D eigenvalue weighted by molar-refractivity contribution is 0.0572. The first-order valence-electron chi connectivity index (χ1n) is 14.3. The van der Waals surface area contributed by atoms with E-state index in [1.54, 1.807) is 6.92 Å².